The zero-order chi connectivity index (χ0) is 18.5. The molecule has 4 rings (SSSR count). The molecule has 0 radical (unpaired) electrons. The SMILES string of the molecule is CCNC(=NCC1CCN(Cc2cccs2)CC1)N1CCC2(CCOC2)C1.I. The Labute approximate surface area is 190 Å². The highest BCUT2D eigenvalue weighted by molar-refractivity contribution is 14.0. The maximum Gasteiger partial charge on any atom is 0.193 e. The maximum atomic E-state index is 5.68. The molecule has 4 heterocycles. The van der Waals surface area contributed by atoms with Crippen LogP contribution in [-0.2, 0) is 11.3 Å². The van der Waals surface area contributed by atoms with Crippen LogP contribution in [-0.4, -0.2) is 68.2 Å². The van der Waals surface area contributed by atoms with Gasteiger partial charge in [-0.25, -0.2) is 0 Å². The molecule has 1 N–H and O–H groups in total. The van der Waals surface area contributed by atoms with Gasteiger partial charge in [0.25, 0.3) is 0 Å². The number of ether oxygens (including phenoxy) is 1. The van der Waals surface area contributed by atoms with Crippen molar-refractivity contribution in [3.8, 4) is 0 Å². The van der Waals surface area contributed by atoms with Gasteiger partial charge in [0.2, 0.25) is 0 Å². The van der Waals surface area contributed by atoms with E-state index in [2.05, 4.69) is 39.6 Å². The lowest BCUT2D eigenvalue weighted by Crippen LogP contribution is -2.42. The molecule has 0 aliphatic carbocycles. The minimum Gasteiger partial charge on any atom is -0.381 e. The van der Waals surface area contributed by atoms with Crippen molar-refractivity contribution in [2.24, 2.45) is 16.3 Å². The van der Waals surface area contributed by atoms with Gasteiger partial charge in [0.15, 0.2) is 5.96 Å². The van der Waals surface area contributed by atoms with Crippen molar-refractivity contribution in [2.75, 3.05) is 52.5 Å². The van der Waals surface area contributed by atoms with Crippen molar-refractivity contribution < 1.29 is 4.74 Å². The van der Waals surface area contributed by atoms with Gasteiger partial charge < -0.3 is 15.0 Å². The third-order valence-corrected chi connectivity index (χ3v) is 7.28. The summed E-state index contributed by atoms with van der Waals surface area (Å²) in [5.41, 5.74) is 0.392. The van der Waals surface area contributed by atoms with Crippen molar-refractivity contribution >= 4 is 41.3 Å². The number of guanidine groups is 1. The summed E-state index contributed by atoms with van der Waals surface area (Å²) in [6.45, 7) is 11.7. The summed E-state index contributed by atoms with van der Waals surface area (Å²) >= 11 is 1.87. The van der Waals surface area contributed by atoms with E-state index in [9.17, 15) is 0 Å². The summed E-state index contributed by atoms with van der Waals surface area (Å²) in [6, 6.07) is 4.41. The highest BCUT2D eigenvalue weighted by Crippen LogP contribution is 2.38. The molecule has 1 unspecified atom stereocenters. The van der Waals surface area contributed by atoms with Gasteiger partial charge in [0.05, 0.1) is 6.61 Å². The lowest BCUT2D eigenvalue weighted by atomic mass is 9.87. The van der Waals surface area contributed by atoms with E-state index in [1.807, 2.05) is 11.3 Å². The molecule has 1 atom stereocenters. The van der Waals surface area contributed by atoms with Gasteiger partial charge in [0, 0.05) is 49.6 Å². The van der Waals surface area contributed by atoms with E-state index in [4.69, 9.17) is 9.73 Å². The van der Waals surface area contributed by atoms with Gasteiger partial charge in [-0.05, 0) is 63.1 Å². The molecule has 3 aliphatic rings. The second-order valence-electron chi connectivity index (χ2n) is 8.47. The summed E-state index contributed by atoms with van der Waals surface area (Å²) in [5.74, 6) is 1.85. The van der Waals surface area contributed by atoms with Crippen LogP contribution in [0.1, 0.15) is 37.5 Å². The number of thiophene rings is 1. The molecule has 3 aliphatic heterocycles. The van der Waals surface area contributed by atoms with Gasteiger partial charge in [-0.3, -0.25) is 9.89 Å². The van der Waals surface area contributed by atoms with Crippen molar-refractivity contribution in [3.05, 3.63) is 22.4 Å². The van der Waals surface area contributed by atoms with E-state index in [0.717, 1.165) is 57.8 Å². The van der Waals surface area contributed by atoms with Crippen LogP contribution in [0, 0.1) is 11.3 Å². The normalized spacial score (nSPS) is 26.8. The molecule has 1 aromatic heterocycles. The fourth-order valence-electron chi connectivity index (χ4n) is 4.68. The highest BCUT2D eigenvalue weighted by Gasteiger charge is 2.42. The predicted molar refractivity (Wildman–Crippen MR) is 128 cm³/mol. The van der Waals surface area contributed by atoms with E-state index in [0.29, 0.717) is 5.41 Å². The van der Waals surface area contributed by atoms with E-state index < -0.39 is 0 Å². The number of likely N-dealkylation sites (tertiary alicyclic amines) is 2. The van der Waals surface area contributed by atoms with Gasteiger partial charge in [-0.2, -0.15) is 0 Å². The molecule has 0 saturated carbocycles. The number of aliphatic imine (C=N–C) groups is 1. The summed E-state index contributed by atoms with van der Waals surface area (Å²) in [6.07, 6.45) is 5.00. The van der Waals surface area contributed by atoms with Crippen LogP contribution >= 0.6 is 35.3 Å². The number of nitrogens with one attached hydrogen (secondary N) is 1. The molecule has 158 valence electrons. The first-order chi connectivity index (χ1) is 13.3. The topological polar surface area (TPSA) is 40.1 Å². The summed E-state index contributed by atoms with van der Waals surface area (Å²) in [7, 11) is 0. The summed E-state index contributed by atoms with van der Waals surface area (Å²) in [4.78, 5) is 11.6. The van der Waals surface area contributed by atoms with Crippen molar-refractivity contribution in [1.82, 2.24) is 15.1 Å². The van der Waals surface area contributed by atoms with Crippen LogP contribution in [0.25, 0.3) is 0 Å². The van der Waals surface area contributed by atoms with Gasteiger partial charge in [-0.15, -0.1) is 35.3 Å². The zero-order valence-corrected chi connectivity index (χ0v) is 20.2. The molecule has 3 saturated heterocycles. The zero-order valence-electron chi connectivity index (χ0n) is 17.1. The largest absolute Gasteiger partial charge is 0.381 e. The summed E-state index contributed by atoms with van der Waals surface area (Å²) < 4.78 is 5.68. The molecular formula is C21H35IN4OS. The van der Waals surface area contributed by atoms with Crippen LogP contribution in [0.3, 0.4) is 0 Å². The standard InChI is InChI=1S/C21H34N4OS.HI/c1-2-22-20(25-11-7-21(16-25)8-12-26-17-21)23-14-18-5-9-24(10-6-18)15-19-4-3-13-27-19;/h3-4,13,18H,2,5-12,14-17H2,1H3,(H,22,23);1H. The Bertz CT molecular complexity index is 610. The number of nitrogens with zero attached hydrogens (tertiary/aromatic N) is 3. The van der Waals surface area contributed by atoms with Crippen molar-refractivity contribution in [3.63, 3.8) is 0 Å². The average molecular weight is 519 g/mol. The van der Waals surface area contributed by atoms with Crippen LogP contribution < -0.4 is 5.32 Å². The number of rotatable bonds is 5. The molecule has 5 nitrogen and oxygen atoms in total. The van der Waals surface area contributed by atoms with E-state index in [1.54, 1.807) is 0 Å². The van der Waals surface area contributed by atoms with Crippen LogP contribution in [0.5, 0.6) is 0 Å². The predicted octanol–water partition coefficient (Wildman–Crippen LogP) is 3.66. The minimum absolute atomic E-state index is 0. The third kappa shape index (κ3) is 5.61. The second kappa shape index (κ2) is 10.6. The Kier molecular flexibility index (Phi) is 8.44. The van der Waals surface area contributed by atoms with E-state index in [1.165, 1.54) is 43.6 Å². The van der Waals surface area contributed by atoms with Gasteiger partial charge in [0.1, 0.15) is 0 Å². The first-order valence-corrected chi connectivity index (χ1v) is 11.5. The van der Waals surface area contributed by atoms with Crippen LogP contribution in [0.15, 0.2) is 22.5 Å². The van der Waals surface area contributed by atoms with Gasteiger partial charge >= 0.3 is 0 Å². The molecule has 28 heavy (non-hydrogen) atoms. The van der Waals surface area contributed by atoms with Gasteiger partial charge in [-0.1, -0.05) is 6.07 Å². The Morgan fingerprint density at radius 1 is 1.32 bits per heavy atom. The average Bonchev–Trinajstić information content (AvgIpc) is 3.44. The Balaban J connectivity index is 0.00000225. The Morgan fingerprint density at radius 2 is 2.18 bits per heavy atom. The lowest BCUT2D eigenvalue weighted by molar-refractivity contribution is 0.156. The smallest absolute Gasteiger partial charge is 0.193 e. The Morgan fingerprint density at radius 3 is 2.86 bits per heavy atom. The fourth-order valence-corrected chi connectivity index (χ4v) is 5.42. The minimum atomic E-state index is 0. The summed E-state index contributed by atoms with van der Waals surface area (Å²) in [5, 5.41) is 5.71. The quantitative estimate of drug-likeness (QED) is 0.367. The number of halogens is 1. The first-order valence-electron chi connectivity index (χ1n) is 10.6. The van der Waals surface area contributed by atoms with E-state index >= 15 is 0 Å². The van der Waals surface area contributed by atoms with E-state index in [-0.39, 0.29) is 24.0 Å². The maximum absolute atomic E-state index is 5.68. The fraction of sp³-hybridized carbons (Fsp3) is 0.762. The molecule has 0 bridgehead atoms. The molecular weight excluding hydrogens is 483 g/mol. The molecule has 1 aromatic rings. The van der Waals surface area contributed by atoms with Crippen molar-refractivity contribution in [2.45, 2.75) is 39.2 Å². The lowest BCUT2D eigenvalue weighted by Gasteiger charge is -2.31. The number of hydrogen-bond donors (Lipinski definition) is 1. The molecule has 7 heteroatoms. The Hall–Kier alpha value is -0.380. The molecule has 3 fully saturated rings. The van der Waals surface area contributed by atoms with Crippen molar-refractivity contribution in [1.29, 1.82) is 0 Å². The number of piperidine rings is 1. The second-order valence-corrected chi connectivity index (χ2v) is 9.50. The van der Waals surface area contributed by atoms with Crippen LogP contribution in [0.2, 0.25) is 0 Å². The van der Waals surface area contributed by atoms with Crippen LogP contribution in [0.4, 0.5) is 0 Å². The third-order valence-electron chi connectivity index (χ3n) is 6.42. The highest BCUT2D eigenvalue weighted by atomic mass is 127. The first kappa shape index (κ1) is 22.3. The molecule has 0 aromatic carbocycles. The molecule has 1 spiro atoms. The molecule has 0 amide bonds. The monoisotopic (exact) mass is 518 g/mol. The number of hydrogen-bond acceptors (Lipinski definition) is 4.